The van der Waals surface area contributed by atoms with Crippen molar-refractivity contribution in [2.75, 3.05) is 5.32 Å². The summed E-state index contributed by atoms with van der Waals surface area (Å²) in [6.07, 6.45) is 6.47. The number of nitrogens with one attached hydrogen (secondary N) is 1. The van der Waals surface area contributed by atoms with Crippen LogP contribution in [0, 0.1) is 22.5 Å². The Bertz CT molecular complexity index is 861. The molecule has 1 aromatic carbocycles. The largest absolute Gasteiger partial charge is 0.444 e. The van der Waals surface area contributed by atoms with Gasteiger partial charge in [-0.3, -0.25) is 15.4 Å². The lowest BCUT2D eigenvalue weighted by molar-refractivity contribution is -0.383. The van der Waals surface area contributed by atoms with Crippen LogP contribution in [0.1, 0.15) is 27.2 Å². The predicted octanol–water partition coefficient (Wildman–Crippen LogP) is 3.22. The van der Waals surface area contributed by atoms with Crippen molar-refractivity contribution in [1.29, 1.82) is 0 Å². The lowest BCUT2D eigenvalue weighted by Gasteiger charge is -2.19. The third-order valence-electron chi connectivity index (χ3n) is 3.20. The highest BCUT2D eigenvalue weighted by atomic mass is 16.6. The molecule has 1 aromatic heterocycles. The minimum atomic E-state index is -0.773. The monoisotopic (exact) mass is 357 g/mol. The van der Waals surface area contributed by atoms with Crippen molar-refractivity contribution >= 4 is 17.5 Å². The Kier molecular flexibility index (Phi) is 5.57. The van der Waals surface area contributed by atoms with E-state index in [0.717, 1.165) is 0 Å². The third-order valence-corrected chi connectivity index (χ3v) is 3.20. The summed E-state index contributed by atoms with van der Waals surface area (Å²) in [5, 5.41) is 21.6. The second-order valence-electron chi connectivity index (χ2n) is 6.42. The molecule has 2 rings (SSSR count). The zero-order chi connectivity index (χ0) is 19.3. The summed E-state index contributed by atoms with van der Waals surface area (Å²) in [4.78, 5) is 22.7. The van der Waals surface area contributed by atoms with Gasteiger partial charge in [-0.25, -0.2) is 4.79 Å². The quantitative estimate of drug-likeness (QED) is 0.499. The van der Waals surface area contributed by atoms with Crippen molar-refractivity contribution in [3.8, 4) is 23.7 Å². The zero-order valence-corrected chi connectivity index (χ0v) is 14.7. The van der Waals surface area contributed by atoms with Crippen LogP contribution >= 0.6 is 0 Å². The maximum absolute atomic E-state index is 11.9. The van der Waals surface area contributed by atoms with Crippen LogP contribution in [0.2, 0.25) is 0 Å². The van der Waals surface area contributed by atoms with Crippen LogP contribution < -0.4 is 5.32 Å². The van der Waals surface area contributed by atoms with E-state index in [4.69, 9.17) is 11.2 Å². The molecule has 0 aliphatic carbocycles. The number of aromatic nitrogens is 3. The standard InChI is InChI=1S/C17H19N5O4/c1-5-6-9-21-11-18-20-15(21)12-7-8-13(14(10-12)22(24)25)19-16(23)26-17(2,3)4/h1,7-8,10-11H,6,9H2,2-4H3,(H,19,23). The number of nitrogens with zero attached hydrogens (tertiary/aromatic N) is 4. The summed E-state index contributed by atoms with van der Waals surface area (Å²) >= 11 is 0. The second kappa shape index (κ2) is 7.65. The van der Waals surface area contributed by atoms with E-state index in [1.165, 1.54) is 18.5 Å². The summed E-state index contributed by atoms with van der Waals surface area (Å²) < 4.78 is 6.83. The first-order valence-electron chi connectivity index (χ1n) is 7.81. The molecule has 9 heteroatoms. The predicted molar refractivity (Wildman–Crippen MR) is 95.4 cm³/mol. The van der Waals surface area contributed by atoms with Gasteiger partial charge < -0.3 is 9.30 Å². The van der Waals surface area contributed by atoms with Gasteiger partial charge in [-0.05, 0) is 32.9 Å². The van der Waals surface area contributed by atoms with Gasteiger partial charge in [-0.2, -0.15) is 0 Å². The molecule has 136 valence electrons. The first-order valence-corrected chi connectivity index (χ1v) is 7.81. The fourth-order valence-electron chi connectivity index (χ4n) is 2.17. The van der Waals surface area contributed by atoms with Gasteiger partial charge in [-0.1, -0.05) is 0 Å². The summed E-state index contributed by atoms with van der Waals surface area (Å²) in [5.74, 6) is 2.97. The van der Waals surface area contributed by atoms with E-state index >= 15 is 0 Å². The molecule has 0 saturated heterocycles. The number of nitro benzene ring substituents is 1. The van der Waals surface area contributed by atoms with Gasteiger partial charge in [0, 0.05) is 24.6 Å². The minimum absolute atomic E-state index is 0.0303. The molecule has 1 amide bonds. The molecule has 0 atom stereocenters. The SMILES string of the molecule is C#CCCn1cnnc1-c1ccc(NC(=O)OC(C)(C)C)c([N+](=O)[O-])c1. The van der Waals surface area contributed by atoms with E-state index in [0.29, 0.717) is 24.4 Å². The number of amides is 1. The first-order chi connectivity index (χ1) is 12.2. The molecular weight excluding hydrogens is 338 g/mol. The fourth-order valence-corrected chi connectivity index (χ4v) is 2.17. The van der Waals surface area contributed by atoms with Gasteiger partial charge in [0.2, 0.25) is 0 Å². The molecule has 1 N–H and O–H groups in total. The van der Waals surface area contributed by atoms with Crippen LogP contribution in [0.4, 0.5) is 16.2 Å². The van der Waals surface area contributed by atoms with Crippen LogP contribution in [-0.4, -0.2) is 31.4 Å². The van der Waals surface area contributed by atoms with Crippen LogP contribution in [0.15, 0.2) is 24.5 Å². The molecule has 0 saturated carbocycles. The highest BCUT2D eigenvalue weighted by molar-refractivity contribution is 5.89. The van der Waals surface area contributed by atoms with Crippen LogP contribution in [0.3, 0.4) is 0 Å². The van der Waals surface area contributed by atoms with Crippen molar-refractivity contribution in [2.24, 2.45) is 0 Å². The van der Waals surface area contributed by atoms with Gasteiger partial charge >= 0.3 is 6.09 Å². The van der Waals surface area contributed by atoms with Gasteiger partial charge in [0.1, 0.15) is 17.6 Å². The number of aryl methyl sites for hydroxylation is 1. The summed E-state index contributed by atoms with van der Waals surface area (Å²) in [6, 6.07) is 4.36. The van der Waals surface area contributed by atoms with Crippen molar-refractivity contribution in [3.05, 3.63) is 34.6 Å². The molecule has 2 aromatic rings. The van der Waals surface area contributed by atoms with Crippen molar-refractivity contribution in [1.82, 2.24) is 14.8 Å². The van der Waals surface area contributed by atoms with Gasteiger partial charge in [-0.15, -0.1) is 22.5 Å². The lowest BCUT2D eigenvalue weighted by atomic mass is 10.1. The van der Waals surface area contributed by atoms with Gasteiger partial charge in [0.25, 0.3) is 5.69 Å². The van der Waals surface area contributed by atoms with Crippen LogP contribution in [-0.2, 0) is 11.3 Å². The van der Waals surface area contributed by atoms with E-state index in [2.05, 4.69) is 21.4 Å². The average molecular weight is 357 g/mol. The Hall–Kier alpha value is -3.41. The molecule has 0 unspecified atom stereocenters. The summed E-state index contributed by atoms with van der Waals surface area (Å²) in [7, 11) is 0. The lowest BCUT2D eigenvalue weighted by Crippen LogP contribution is -2.27. The van der Waals surface area contributed by atoms with Crippen molar-refractivity contribution < 1.29 is 14.5 Å². The number of hydrogen-bond donors (Lipinski definition) is 1. The number of carbonyl (C=O) groups excluding carboxylic acids is 1. The Morgan fingerprint density at radius 1 is 1.46 bits per heavy atom. The number of ether oxygens (including phenoxy) is 1. The maximum atomic E-state index is 11.9. The van der Waals surface area contributed by atoms with Gasteiger partial charge in [0.05, 0.1) is 4.92 Å². The van der Waals surface area contributed by atoms with E-state index in [-0.39, 0.29) is 11.4 Å². The number of nitro groups is 1. The number of hydrogen-bond acceptors (Lipinski definition) is 6. The van der Waals surface area contributed by atoms with Crippen LogP contribution in [0.25, 0.3) is 11.4 Å². The smallest absolute Gasteiger partial charge is 0.412 e. The highest BCUT2D eigenvalue weighted by Crippen LogP contribution is 2.30. The van der Waals surface area contributed by atoms with Crippen LogP contribution in [0.5, 0.6) is 0 Å². The molecule has 0 aliphatic heterocycles. The number of terminal acetylenes is 1. The molecule has 9 nitrogen and oxygen atoms in total. The summed E-state index contributed by atoms with van der Waals surface area (Å²) in [6.45, 7) is 5.60. The number of rotatable bonds is 5. The van der Waals surface area contributed by atoms with Crippen molar-refractivity contribution in [2.45, 2.75) is 39.3 Å². The normalized spacial score (nSPS) is 10.8. The Labute approximate surface area is 150 Å². The minimum Gasteiger partial charge on any atom is -0.444 e. The molecule has 0 fully saturated rings. The molecule has 1 heterocycles. The third kappa shape index (κ3) is 4.80. The zero-order valence-electron chi connectivity index (χ0n) is 14.7. The topological polar surface area (TPSA) is 112 Å². The Balaban J connectivity index is 2.32. The number of carbonyl (C=O) groups is 1. The Morgan fingerprint density at radius 3 is 2.81 bits per heavy atom. The van der Waals surface area contributed by atoms with E-state index < -0.39 is 16.6 Å². The highest BCUT2D eigenvalue weighted by Gasteiger charge is 2.22. The molecule has 0 radical (unpaired) electrons. The second-order valence-corrected chi connectivity index (χ2v) is 6.42. The molecule has 0 spiro atoms. The first kappa shape index (κ1) is 18.9. The molecular formula is C17H19N5O4. The number of anilines is 1. The fraction of sp³-hybridized carbons (Fsp3) is 0.353. The number of benzene rings is 1. The molecule has 0 aliphatic rings. The molecule has 26 heavy (non-hydrogen) atoms. The Morgan fingerprint density at radius 2 is 2.19 bits per heavy atom. The summed E-state index contributed by atoms with van der Waals surface area (Å²) in [5.41, 5.74) is -0.477. The van der Waals surface area contributed by atoms with Crippen molar-refractivity contribution in [3.63, 3.8) is 0 Å². The van der Waals surface area contributed by atoms with Gasteiger partial charge in [0.15, 0.2) is 5.82 Å². The molecule has 0 bridgehead atoms. The van der Waals surface area contributed by atoms with E-state index in [1.807, 2.05) is 0 Å². The maximum Gasteiger partial charge on any atom is 0.412 e. The average Bonchev–Trinajstić information content (AvgIpc) is 2.99. The van der Waals surface area contributed by atoms with E-state index in [1.54, 1.807) is 31.4 Å². The van der Waals surface area contributed by atoms with E-state index in [9.17, 15) is 14.9 Å².